The Balaban J connectivity index is 1.34. The number of hydrogen-bond acceptors (Lipinski definition) is 5. The molecule has 2 saturated heterocycles. The number of morpholine rings is 1. The molecule has 0 saturated carbocycles. The number of amides is 2. The minimum Gasteiger partial charge on any atom is -0.379 e. The summed E-state index contributed by atoms with van der Waals surface area (Å²) in [6, 6.07) is 16.5. The second-order valence-electron chi connectivity index (χ2n) is 8.52. The Morgan fingerprint density at radius 3 is 2.12 bits per heavy atom. The van der Waals surface area contributed by atoms with Crippen molar-refractivity contribution < 1.29 is 22.7 Å². The van der Waals surface area contributed by atoms with E-state index in [1.807, 2.05) is 18.2 Å². The van der Waals surface area contributed by atoms with Crippen molar-refractivity contribution in [2.45, 2.75) is 24.2 Å². The number of sulfonamides is 1. The minimum atomic E-state index is -3.79. The molecule has 2 aromatic rings. The van der Waals surface area contributed by atoms with Gasteiger partial charge in [0.1, 0.15) is 0 Å². The number of ether oxygens (including phenoxy) is 1. The van der Waals surface area contributed by atoms with Crippen LogP contribution < -0.4 is 0 Å². The number of nitrogens with zero attached hydrogens (tertiary/aromatic N) is 3. The van der Waals surface area contributed by atoms with Crippen molar-refractivity contribution in [2.24, 2.45) is 0 Å². The average Bonchev–Trinajstić information content (AvgIpc) is 2.89. The Labute approximate surface area is 201 Å². The Hall–Kier alpha value is -2.75. The van der Waals surface area contributed by atoms with Gasteiger partial charge in [-0.1, -0.05) is 42.5 Å². The van der Waals surface area contributed by atoms with Crippen LogP contribution in [-0.2, 0) is 26.0 Å². The van der Waals surface area contributed by atoms with Gasteiger partial charge in [0.05, 0.1) is 23.7 Å². The molecule has 182 valence electrons. The molecule has 2 aliphatic rings. The van der Waals surface area contributed by atoms with Crippen LogP contribution in [0.25, 0.3) is 0 Å². The highest BCUT2D eigenvalue weighted by Gasteiger charge is 2.32. The van der Waals surface area contributed by atoms with Crippen LogP contribution in [0.5, 0.6) is 0 Å². The first-order valence-corrected chi connectivity index (χ1v) is 13.2. The van der Waals surface area contributed by atoms with E-state index < -0.39 is 10.0 Å². The second-order valence-corrected chi connectivity index (χ2v) is 10.4. The Kier molecular flexibility index (Phi) is 7.97. The SMILES string of the molecule is O=C(CCCc1ccccc1)N1CCN(C(=O)c2ccccc2S(=O)(=O)N2CCOCC2)CC1. The van der Waals surface area contributed by atoms with Gasteiger partial charge in [-0.15, -0.1) is 0 Å². The molecule has 9 heteroatoms. The third-order valence-electron chi connectivity index (χ3n) is 6.32. The normalized spacial score (nSPS) is 17.5. The summed E-state index contributed by atoms with van der Waals surface area (Å²) in [4.78, 5) is 29.4. The van der Waals surface area contributed by atoms with Crippen LogP contribution in [0, 0.1) is 0 Å². The van der Waals surface area contributed by atoms with E-state index in [4.69, 9.17) is 4.74 Å². The lowest BCUT2D eigenvalue weighted by Crippen LogP contribution is -2.51. The number of aryl methyl sites for hydroxylation is 1. The lowest BCUT2D eigenvalue weighted by Gasteiger charge is -2.35. The van der Waals surface area contributed by atoms with E-state index >= 15 is 0 Å². The quantitative estimate of drug-likeness (QED) is 0.599. The number of benzene rings is 2. The summed E-state index contributed by atoms with van der Waals surface area (Å²) in [6.07, 6.45) is 2.12. The largest absolute Gasteiger partial charge is 0.379 e. The molecule has 0 N–H and O–H groups in total. The fourth-order valence-electron chi connectivity index (χ4n) is 4.37. The number of carbonyl (C=O) groups is 2. The van der Waals surface area contributed by atoms with E-state index in [0.717, 1.165) is 12.8 Å². The summed E-state index contributed by atoms with van der Waals surface area (Å²) in [5, 5.41) is 0. The summed E-state index contributed by atoms with van der Waals surface area (Å²) in [5.41, 5.74) is 1.40. The highest BCUT2D eigenvalue weighted by Crippen LogP contribution is 2.23. The monoisotopic (exact) mass is 485 g/mol. The molecule has 0 bridgehead atoms. The summed E-state index contributed by atoms with van der Waals surface area (Å²) in [6.45, 7) is 2.91. The molecule has 0 aliphatic carbocycles. The molecule has 2 amide bonds. The maximum absolute atomic E-state index is 13.3. The minimum absolute atomic E-state index is 0.0290. The van der Waals surface area contributed by atoms with Crippen LogP contribution in [0.4, 0.5) is 0 Å². The lowest BCUT2D eigenvalue weighted by atomic mass is 10.1. The van der Waals surface area contributed by atoms with E-state index in [-0.39, 0.29) is 35.4 Å². The van der Waals surface area contributed by atoms with Gasteiger partial charge in [-0.2, -0.15) is 4.31 Å². The molecule has 2 aliphatic heterocycles. The first-order valence-electron chi connectivity index (χ1n) is 11.7. The predicted octanol–water partition coefficient (Wildman–Crippen LogP) is 2.01. The maximum Gasteiger partial charge on any atom is 0.255 e. The van der Waals surface area contributed by atoms with Gasteiger partial charge in [-0.25, -0.2) is 8.42 Å². The molecule has 2 aromatic carbocycles. The van der Waals surface area contributed by atoms with Crippen molar-refractivity contribution in [3.63, 3.8) is 0 Å². The summed E-state index contributed by atoms with van der Waals surface area (Å²) in [7, 11) is -3.79. The van der Waals surface area contributed by atoms with Crippen molar-refractivity contribution in [1.82, 2.24) is 14.1 Å². The maximum atomic E-state index is 13.3. The van der Waals surface area contributed by atoms with E-state index in [9.17, 15) is 18.0 Å². The van der Waals surface area contributed by atoms with E-state index in [2.05, 4.69) is 12.1 Å². The van der Waals surface area contributed by atoms with Crippen molar-refractivity contribution in [3.8, 4) is 0 Å². The number of rotatable bonds is 7. The highest BCUT2D eigenvalue weighted by atomic mass is 32.2. The number of hydrogen-bond donors (Lipinski definition) is 0. The zero-order chi connectivity index (χ0) is 24.0. The second kappa shape index (κ2) is 11.1. The Morgan fingerprint density at radius 1 is 0.794 bits per heavy atom. The zero-order valence-electron chi connectivity index (χ0n) is 19.3. The first kappa shape index (κ1) is 24.4. The third kappa shape index (κ3) is 5.65. The van der Waals surface area contributed by atoms with Crippen LogP contribution in [0.15, 0.2) is 59.5 Å². The molecular formula is C25H31N3O5S. The molecule has 0 atom stereocenters. The summed E-state index contributed by atoms with van der Waals surface area (Å²) in [5.74, 6) is -0.220. The topological polar surface area (TPSA) is 87.2 Å². The smallest absolute Gasteiger partial charge is 0.255 e. The fraction of sp³-hybridized carbons (Fsp3) is 0.440. The molecule has 0 radical (unpaired) electrons. The Morgan fingerprint density at radius 2 is 1.41 bits per heavy atom. The molecule has 34 heavy (non-hydrogen) atoms. The van der Waals surface area contributed by atoms with E-state index in [1.165, 1.54) is 15.9 Å². The van der Waals surface area contributed by atoms with E-state index in [0.29, 0.717) is 45.8 Å². The van der Waals surface area contributed by atoms with Crippen molar-refractivity contribution in [3.05, 3.63) is 65.7 Å². The lowest BCUT2D eigenvalue weighted by molar-refractivity contribution is -0.132. The first-order chi connectivity index (χ1) is 16.5. The number of piperazine rings is 1. The van der Waals surface area contributed by atoms with Crippen molar-refractivity contribution in [2.75, 3.05) is 52.5 Å². The molecule has 0 spiro atoms. The summed E-state index contributed by atoms with van der Waals surface area (Å²) >= 11 is 0. The van der Waals surface area contributed by atoms with Gasteiger partial charge in [0, 0.05) is 45.7 Å². The molecular weight excluding hydrogens is 454 g/mol. The van der Waals surface area contributed by atoms with Gasteiger partial charge in [0.2, 0.25) is 15.9 Å². The van der Waals surface area contributed by atoms with E-state index in [1.54, 1.807) is 28.0 Å². The van der Waals surface area contributed by atoms with Crippen molar-refractivity contribution in [1.29, 1.82) is 0 Å². The van der Waals surface area contributed by atoms with Crippen LogP contribution in [0.2, 0.25) is 0 Å². The number of carbonyl (C=O) groups excluding carboxylic acids is 2. The fourth-order valence-corrected chi connectivity index (χ4v) is 5.96. The van der Waals surface area contributed by atoms with Gasteiger partial charge in [0.25, 0.3) is 5.91 Å². The standard InChI is InChI=1S/C25H31N3O5S/c29-24(12-6-9-21-7-2-1-3-8-21)26-13-15-27(16-14-26)25(30)22-10-4-5-11-23(22)34(31,32)28-17-19-33-20-18-28/h1-5,7-8,10-11H,6,9,12-20H2. The van der Waals surface area contributed by atoms with Gasteiger partial charge >= 0.3 is 0 Å². The molecule has 4 rings (SSSR count). The van der Waals surface area contributed by atoms with Crippen LogP contribution in [-0.4, -0.2) is 86.8 Å². The van der Waals surface area contributed by atoms with Gasteiger partial charge in [-0.05, 0) is 30.5 Å². The van der Waals surface area contributed by atoms with Gasteiger partial charge in [-0.3, -0.25) is 9.59 Å². The van der Waals surface area contributed by atoms with Crippen LogP contribution >= 0.6 is 0 Å². The van der Waals surface area contributed by atoms with Gasteiger partial charge in [0.15, 0.2) is 0 Å². The molecule has 8 nitrogen and oxygen atoms in total. The third-order valence-corrected chi connectivity index (χ3v) is 8.28. The summed E-state index contributed by atoms with van der Waals surface area (Å²) < 4.78 is 33.0. The molecule has 2 fully saturated rings. The van der Waals surface area contributed by atoms with Crippen LogP contribution in [0.3, 0.4) is 0 Å². The molecule has 2 heterocycles. The zero-order valence-corrected chi connectivity index (χ0v) is 20.1. The van der Waals surface area contributed by atoms with Crippen LogP contribution in [0.1, 0.15) is 28.8 Å². The molecule has 0 unspecified atom stereocenters. The Bertz CT molecular complexity index is 1090. The molecule has 0 aromatic heterocycles. The average molecular weight is 486 g/mol. The predicted molar refractivity (Wildman–Crippen MR) is 128 cm³/mol. The van der Waals surface area contributed by atoms with Crippen molar-refractivity contribution >= 4 is 21.8 Å². The highest BCUT2D eigenvalue weighted by molar-refractivity contribution is 7.89. The van der Waals surface area contributed by atoms with Gasteiger partial charge < -0.3 is 14.5 Å².